The van der Waals surface area contributed by atoms with Crippen LogP contribution in [0.3, 0.4) is 0 Å². The second-order valence-electron chi connectivity index (χ2n) is 5.89. The van der Waals surface area contributed by atoms with Crippen molar-refractivity contribution >= 4 is 15.9 Å². The van der Waals surface area contributed by atoms with Crippen LogP contribution in [0, 0.1) is 6.92 Å². The number of amidine groups is 1. The van der Waals surface area contributed by atoms with Crippen molar-refractivity contribution in [2.45, 2.75) is 57.4 Å². The van der Waals surface area contributed by atoms with E-state index in [1.807, 2.05) is 6.92 Å². The van der Waals surface area contributed by atoms with E-state index in [4.69, 9.17) is 0 Å². The highest BCUT2D eigenvalue weighted by Crippen LogP contribution is 2.19. The van der Waals surface area contributed by atoms with Crippen LogP contribution in [0.5, 0.6) is 0 Å². The summed E-state index contributed by atoms with van der Waals surface area (Å²) in [5.41, 5.74) is 1.04. The number of nitrogens with zero attached hydrogens (tertiary/aromatic N) is 2. The van der Waals surface area contributed by atoms with E-state index >= 15 is 0 Å². The molecule has 0 aromatic heterocycles. The lowest BCUT2D eigenvalue weighted by Crippen LogP contribution is -2.37. The standard InChI is InChI=1S/C16H24N2O2S/c1-13(2)18-12-6-4-5-7-16(18)17-21(19,20)15-10-8-14(3)9-11-15/h8-11,13H,4-7,12H2,1-3H3. The fraction of sp³-hybridized carbons (Fsp3) is 0.562. The summed E-state index contributed by atoms with van der Waals surface area (Å²) in [6.07, 6.45) is 3.98. The Balaban J connectivity index is 2.35. The van der Waals surface area contributed by atoms with Gasteiger partial charge in [0.2, 0.25) is 0 Å². The number of aryl methyl sites for hydroxylation is 1. The average Bonchev–Trinajstić information content (AvgIpc) is 2.64. The number of rotatable bonds is 3. The van der Waals surface area contributed by atoms with E-state index in [0.29, 0.717) is 5.84 Å². The van der Waals surface area contributed by atoms with Crippen LogP contribution in [-0.2, 0) is 10.0 Å². The molecule has 1 fully saturated rings. The number of benzene rings is 1. The normalized spacial score (nSPS) is 19.0. The van der Waals surface area contributed by atoms with Crippen molar-refractivity contribution < 1.29 is 8.42 Å². The maximum absolute atomic E-state index is 12.5. The topological polar surface area (TPSA) is 49.7 Å². The third-order valence-electron chi connectivity index (χ3n) is 3.80. The molecule has 116 valence electrons. The Morgan fingerprint density at radius 3 is 2.38 bits per heavy atom. The quantitative estimate of drug-likeness (QED) is 0.860. The number of hydrogen-bond acceptors (Lipinski definition) is 2. The smallest absolute Gasteiger partial charge is 0.283 e. The van der Waals surface area contributed by atoms with Gasteiger partial charge in [-0.3, -0.25) is 0 Å². The molecule has 1 aliphatic heterocycles. The Morgan fingerprint density at radius 1 is 1.10 bits per heavy atom. The van der Waals surface area contributed by atoms with Crippen molar-refractivity contribution in [1.82, 2.24) is 4.90 Å². The first-order valence-corrected chi connectivity index (χ1v) is 9.01. The largest absolute Gasteiger partial charge is 0.357 e. The van der Waals surface area contributed by atoms with E-state index in [2.05, 4.69) is 23.1 Å². The predicted molar refractivity (Wildman–Crippen MR) is 86.1 cm³/mol. The van der Waals surface area contributed by atoms with Gasteiger partial charge in [0.15, 0.2) is 0 Å². The maximum atomic E-state index is 12.5. The van der Waals surface area contributed by atoms with Crippen LogP contribution in [-0.4, -0.2) is 31.7 Å². The van der Waals surface area contributed by atoms with Crippen LogP contribution < -0.4 is 0 Å². The molecule has 0 N–H and O–H groups in total. The van der Waals surface area contributed by atoms with E-state index in [-0.39, 0.29) is 10.9 Å². The lowest BCUT2D eigenvalue weighted by molar-refractivity contribution is 0.348. The Bertz CT molecular complexity index is 604. The van der Waals surface area contributed by atoms with E-state index in [9.17, 15) is 8.42 Å². The first kappa shape index (κ1) is 16.0. The molecule has 0 radical (unpaired) electrons. The van der Waals surface area contributed by atoms with Gasteiger partial charge in [0.1, 0.15) is 5.84 Å². The summed E-state index contributed by atoms with van der Waals surface area (Å²) >= 11 is 0. The lowest BCUT2D eigenvalue weighted by Gasteiger charge is -2.28. The molecule has 1 saturated heterocycles. The van der Waals surface area contributed by atoms with Crippen molar-refractivity contribution in [1.29, 1.82) is 0 Å². The number of likely N-dealkylation sites (tertiary alicyclic amines) is 1. The van der Waals surface area contributed by atoms with E-state index in [0.717, 1.165) is 37.8 Å². The minimum Gasteiger partial charge on any atom is -0.357 e. The summed E-state index contributed by atoms with van der Waals surface area (Å²) in [7, 11) is -3.61. The van der Waals surface area contributed by atoms with Gasteiger partial charge in [-0.05, 0) is 45.7 Å². The molecule has 0 atom stereocenters. The molecule has 0 saturated carbocycles. The third kappa shape index (κ3) is 4.06. The molecule has 2 rings (SSSR count). The fourth-order valence-electron chi connectivity index (χ4n) is 2.57. The van der Waals surface area contributed by atoms with Gasteiger partial charge in [0, 0.05) is 19.0 Å². The molecule has 0 bridgehead atoms. The summed E-state index contributed by atoms with van der Waals surface area (Å²) in [5.74, 6) is 0.711. The highest BCUT2D eigenvalue weighted by molar-refractivity contribution is 7.90. The Morgan fingerprint density at radius 2 is 1.76 bits per heavy atom. The molecule has 0 unspecified atom stereocenters. The zero-order chi connectivity index (χ0) is 15.5. The first-order chi connectivity index (χ1) is 9.90. The van der Waals surface area contributed by atoms with Gasteiger partial charge in [-0.2, -0.15) is 8.42 Å². The Kier molecular flexibility index (Phi) is 5.04. The summed E-state index contributed by atoms with van der Waals surface area (Å²) in [4.78, 5) is 2.40. The minimum absolute atomic E-state index is 0.272. The van der Waals surface area contributed by atoms with Crippen molar-refractivity contribution in [3.05, 3.63) is 29.8 Å². The third-order valence-corrected chi connectivity index (χ3v) is 5.12. The molecule has 1 aromatic carbocycles. The van der Waals surface area contributed by atoms with Gasteiger partial charge in [0.05, 0.1) is 4.90 Å². The Labute approximate surface area is 127 Å². The minimum atomic E-state index is -3.61. The van der Waals surface area contributed by atoms with Crippen LogP contribution in [0.1, 0.15) is 45.1 Å². The van der Waals surface area contributed by atoms with Crippen LogP contribution in [0.25, 0.3) is 0 Å². The summed E-state index contributed by atoms with van der Waals surface area (Å²) in [5, 5.41) is 0. The highest BCUT2D eigenvalue weighted by Gasteiger charge is 2.21. The van der Waals surface area contributed by atoms with Gasteiger partial charge in [-0.1, -0.05) is 24.1 Å². The van der Waals surface area contributed by atoms with Crippen LogP contribution >= 0.6 is 0 Å². The monoisotopic (exact) mass is 308 g/mol. The van der Waals surface area contributed by atoms with E-state index in [1.165, 1.54) is 0 Å². The maximum Gasteiger partial charge on any atom is 0.283 e. The highest BCUT2D eigenvalue weighted by atomic mass is 32.2. The molecule has 1 aliphatic rings. The van der Waals surface area contributed by atoms with Crippen molar-refractivity contribution in [3.8, 4) is 0 Å². The van der Waals surface area contributed by atoms with Gasteiger partial charge in [-0.25, -0.2) is 0 Å². The van der Waals surface area contributed by atoms with Gasteiger partial charge >= 0.3 is 0 Å². The molecule has 1 heterocycles. The molecule has 0 spiro atoms. The van der Waals surface area contributed by atoms with Gasteiger partial charge in [0.25, 0.3) is 10.0 Å². The molecule has 5 heteroatoms. The zero-order valence-corrected chi connectivity index (χ0v) is 13.9. The van der Waals surface area contributed by atoms with Crippen molar-refractivity contribution in [2.24, 2.45) is 4.40 Å². The predicted octanol–water partition coefficient (Wildman–Crippen LogP) is 3.37. The van der Waals surface area contributed by atoms with Crippen LogP contribution in [0.15, 0.2) is 33.6 Å². The van der Waals surface area contributed by atoms with Crippen molar-refractivity contribution in [2.75, 3.05) is 6.54 Å². The summed E-state index contributed by atoms with van der Waals surface area (Å²) in [6.45, 7) is 6.99. The zero-order valence-electron chi connectivity index (χ0n) is 13.0. The molecule has 4 nitrogen and oxygen atoms in total. The second-order valence-corrected chi connectivity index (χ2v) is 7.50. The molecule has 0 aliphatic carbocycles. The van der Waals surface area contributed by atoms with Gasteiger partial charge in [-0.15, -0.1) is 4.40 Å². The molecular weight excluding hydrogens is 284 g/mol. The SMILES string of the molecule is Cc1ccc(S(=O)(=O)N=C2CCCCCN2C(C)C)cc1. The first-order valence-electron chi connectivity index (χ1n) is 7.57. The lowest BCUT2D eigenvalue weighted by atomic mass is 10.2. The molecular formula is C16H24N2O2S. The fourth-order valence-corrected chi connectivity index (χ4v) is 3.63. The molecule has 21 heavy (non-hydrogen) atoms. The number of sulfonamides is 1. The van der Waals surface area contributed by atoms with Gasteiger partial charge < -0.3 is 4.90 Å². The summed E-state index contributed by atoms with van der Waals surface area (Å²) < 4.78 is 29.1. The van der Waals surface area contributed by atoms with Crippen LogP contribution in [0.4, 0.5) is 0 Å². The average molecular weight is 308 g/mol. The molecule has 0 amide bonds. The van der Waals surface area contributed by atoms with E-state index < -0.39 is 10.0 Å². The second kappa shape index (κ2) is 6.60. The summed E-state index contributed by atoms with van der Waals surface area (Å²) in [6, 6.07) is 7.15. The molecule has 1 aromatic rings. The van der Waals surface area contributed by atoms with Crippen LogP contribution in [0.2, 0.25) is 0 Å². The Hall–Kier alpha value is -1.36. The van der Waals surface area contributed by atoms with Crippen molar-refractivity contribution in [3.63, 3.8) is 0 Å². The number of hydrogen-bond donors (Lipinski definition) is 0. The van der Waals surface area contributed by atoms with E-state index in [1.54, 1.807) is 24.3 Å².